The van der Waals surface area contributed by atoms with E-state index in [4.69, 9.17) is 16.3 Å². The lowest BCUT2D eigenvalue weighted by molar-refractivity contribution is -0.144. The van der Waals surface area contributed by atoms with Gasteiger partial charge in [0.1, 0.15) is 16.6 Å². The number of ether oxygens (including phenoxy) is 1. The third-order valence-electron chi connectivity index (χ3n) is 5.98. The van der Waals surface area contributed by atoms with Crippen LogP contribution >= 0.6 is 23.4 Å². The number of piperazine rings is 1. The Balaban J connectivity index is 1.38. The Kier molecular flexibility index (Phi) is 6.96. The molecule has 1 saturated heterocycles. The van der Waals surface area contributed by atoms with Gasteiger partial charge in [-0.3, -0.25) is 9.69 Å². The molecule has 0 aliphatic carbocycles. The molecule has 2 aromatic carbocycles. The van der Waals surface area contributed by atoms with E-state index < -0.39 is 22.4 Å². The van der Waals surface area contributed by atoms with Crippen LogP contribution in [0.1, 0.15) is 12.8 Å². The van der Waals surface area contributed by atoms with Gasteiger partial charge >= 0.3 is 5.97 Å². The lowest BCUT2D eigenvalue weighted by Crippen LogP contribution is -2.52. The number of fused-ring (bicyclic) bond motifs is 1. The Labute approximate surface area is 191 Å². The molecule has 4 rings (SSSR count). The average molecular weight is 463 g/mol. The number of aliphatic hydroxyl groups excluding tert-OH is 1. The fraction of sp³-hybridized carbons (Fsp3) is 0.435. The molecule has 0 aromatic heterocycles. The number of rotatable bonds is 6. The molecule has 0 amide bonds. The van der Waals surface area contributed by atoms with Gasteiger partial charge in [0.2, 0.25) is 0 Å². The fourth-order valence-corrected chi connectivity index (χ4v) is 5.92. The highest BCUT2D eigenvalue weighted by Crippen LogP contribution is 2.48. The van der Waals surface area contributed by atoms with Gasteiger partial charge in [-0.25, -0.2) is 0 Å². The molecule has 31 heavy (non-hydrogen) atoms. The highest BCUT2D eigenvalue weighted by Gasteiger charge is 2.52. The summed E-state index contributed by atoms with van der Waals surface area (Å²) in [6.07, 6.45) is -0.388. The van der Waals surface area contributed by atoms with Crippen LogP contribution in [0.25, 0.3) is 0 Å². The van der Waals surface area contributed by atoms with Crippen LogP contribution in [0.2, 0.25) is 0 Å². The third kappa shape index (κ3) is 4.80. The predicted molar refractivity (Wildman–Crippen MR) is 123 cm³/mol. The van der Waals surface area contributed by atoms with Gasteiger partial charge in [0, 0.05) is 31.9 Å². The first kappa shape index (κ1) is 22.3. The second-order valence-corrected chi connectivity index (χ2v) is 9.73. The normalized spacial score (nSPS) is 26.6. The molecule has 2 aliphatic rings. The zero-order chi connectivity index (χ0) is 21.8. The van der Waals surface area contributed by atoms with Gasteiger partial charge in [-0.05, 0) is 43.7 Å². The van der Waals surface area contributed by atoms with Gasteiger partial charge in [-0.15, -0.1) is 11.8 Å². The number of carbonyl (C=O) groups is 1. The van der Waals surface area contributed by atoms with Crippen LogP contribution in [-0.4, -0.2) is 70.2 Å². The standard InChI is InChI=1S/C23H27ClN2O4S/c24-21-20(27)23(22(28)29,31-19-10-5-4-9-18(19)30-21)11-6-12-25-13-15-26(16-14-25)17-7-2-1-3-8-17/h1-5,7-10,20-21,27H,6,11-16H2,(H,28,29). The molecular weight excluding hydrogens is 436 g/mol. The predicted octanol–water partition coefficient (Wildman–Crippen LogP) is 3.52. The number of carboxylic acid groups (broad SMARTS) is 1. The van der Waals surface area contributed by atoms with Crippen molar-refractivity contribution in [3.05, 3.63) is 54.6 Å². The molecule has 2 aromatic rings. The first-order valence-electron chi connectivity index (χ1n) is 10.5. The molecule has 6 nitrogen and oxygen atoms in total. The molecule has 0 saturated carbocycles. The molecule has 2 N–H and O–H groups in total. The zero-order valence-corrected chi connectivity index (χ0v) is 18.8. The second-order valence-electron chi connectivity index (χ2n) is 7.93. The van der Waals surface area contributed by atoms with Gasteiger partial charge in [0.15, 0.2) is 5.56 Å². The number of aliphatic hydroxyl groups is 1. The van der Waals surface area contributed by atoms with E-state index in [-0.39, 0.29) is 0 Å². The van der Waals surface area contributed by atoms with Crippen LogP contribution in [0.3, 0.4) is 0 Å². The van der Waals surface area contributed by atoms with Crippen LogP contribution < -0.4 is 9.64 Å². The summed E-state index contributed by atoms with van der Waals surface area (Å²) in [5.41, 5.74) is 0.110. The van der Waals surface area contributed by atoms with Gasteiger partial charge in [-0.1, -0.05) is 41.9 Å². The maximum Gasteiger partial charge on any atom is 0.323 e. The van der Waals surface area contributed by atoms with Crippen LogP contribution in [0, 0.1) is 0 Å². The van der Waals surface area contributed by atoms with Crippen molar-refractivity contribution in [3.8, 4) is 5.75 Å². The number of hydrogen-bond donors (Lipinski definition) is 2. The molecule has 0 radical (unpaired) electrons. The summed E-state index contributed by atoms with van der Waals surface area (Å²) in [4.78, 5) is 17.8. The smallest absolute Gasteiger partial charge is 0.323 e. The summed E-state index contributed by atoms with van der Waals surface area (Å²) in [5.74, 6) is -0.559. The largest absolute Gasteiger partial charge is 0.480 e. The number of benzene rings is 2. The molecule has 1 fully saturated rings. The number of para-hydroxylation sites is 2. The third-order valence-corrected chi connectivity index (χ3v) is 7.85. The Bertz CT molecular complexity index is 894. The highest BCUT2D eigenvalue weighted by atomic mass is 35.5. The number of carboxylic acids is 1. The summed E-state index contributed by atoms with van der Waals surface area (Å²) in [6, 6.07) is 17.6. The van der Waals surface area contributed by atoms with Crippen LogP contribution in [0.15, 0.2) is 59.5 Å². The summed E-state index contributed by atoms with van der Waals surface area (Å²) in [6.45, 7) is 4.51. The molecule has 0 spiro atoms. The summed E-state index contributed by atoms with van der Waals surface area (Å²) >= 11 is 7.41. The van der Waals surface area contributed by atoms with Crippen LogP contribution in [-0.2, 0) is 4.79 Å². The lowest BCUT2D eigenvalue weighted by atomic mass is 9.95. The number of thioether (sulfide) groups is 1. The van der Waals surface area contributed by atoms with Crippen molar-refractivity contribution >= 4 is 35.0 Å². The first-order valence-corrected chi connectivity index (χ1v) is 11.8. The molecule has 3 atom stereocenters. The van der Waals surface area contributed by atoms with Crippen LogP contribution in [0.5, 0.6) is 5.75 Å². The average Bonchev–Trinajstić information content (AvgIpc) is 2.90. The van der Waals surface area contributed by atoms with Gasteiger partial charge < -0.3 is 19.8 Å². The monoisotopic (exact) mass is 462 g/mol. The quantitative estimate of drug-likeness (QED) is 0.636. The number of anilines is 1. The van der Waals surface area contributed by atoms with Crippen molar-refractivity contribution < 1.29 is 19.7 Å². The number of aliphatic carboxylic acids is 1. The van der Waals surface area contributed by atoms with Crippen molar-refractivity contribution in [1.29, 1.82) is 0 Å². The Morgan fingerprint density at radius 2 is 1.77 bits per heavy atom. The number of halogens is 1. The van der Waals surface area contributed by atoms with E-state index in [1.807, 2.05) is 18.2 Å². The van der Waals surface area contributed by atoms with E-state index in [2.05, 4.69) is 34.1 Å². The highest BCUT2D eigenvalue weighted by molar-refractivity contribution is 8.01. The Hall–Kier alpha value is -1.93. The minimum atomic E-state index is -1.45. The van der Waals surface area contributed by atoms with E-state index >= 15 is 0 Å². The summed E-state index contributed by atoms with van der Waals surface area (Å²) in [7, 11) is 0. The molecule has 0 bridgehead atoms. The molecule has 3 unspecified atom stereocenters. The Morgan fingerprint density at radius 3 is 2.48 bits per heavy atom. The number of alkyl halides is 1. The zero-order valence-electron chi connectivity index (χ0n) is 17.2. The topological polar surface area (TPSA) is 73.2 Å². The molecule has 8 heteroatoms. The summed E-state index contributed by atoms with van der Waals surface area (Å²) < 4.78 is 4.19. The van der Waals surface area contributed by atoms with Crippen molar-refractivity contribution in [2.75, 3.05) is 37.6 Å². The Morgan fingerprint density at radius 1 is 1.10 bits per heavy atom. The molecule has 166 valence electrons. The maximum absolute atomic E-state index is 12.4. The van der Waals surface area contributed by atoms with Crippen molar-refractivity contribution in [2.24, 2.45) is 0 Å². The van der Waals surface area contributed by atoms with Crippen LogP contribution in [0.4, 0.5) is 5.69 Å². The molecule has 2 aliphatic heterocycles. The lowest BCUT2D eigenvalue weighted by Gasteiger charge is -2.37. The van der Waals surface area contributed by atoms with Gasteiger partial charge in [-0.2, -0.15) is 0 Å². The van der Waals surface area contributed by atoms with E-state index in [0.717, 1.165) is 44.5 Å². The number of hydrogen-bond acceptors (Lipinski definition) is 6. The fourth-order valence-electron chi connectivity index (χ4n) is 4.20. The van der Waals surface area contributed by atoms with E-state index in [1.54, 1.807) is 12.1 Å². The van der Waals surface area contributed by atoms with E-state index in [0.29, 0.717) is 23.5 Å². The van der Waals surface area contributed by atoms with Crippen molar-refractivity contribution in [1.82, 2.24) is 4.90 Å². The maximum atomic E-state index is 12.4. The van der Waals surface area contributed by atoms with Gasteiger partial charge in [0.05, 0.1) is 4.90 Å². The van der Waals surface area contributed by atoms with Crippen molar-refractivity contribution in [2.45, 2.75) is 34.2 Å². The second kappa shape index (κ2) is 9.69. The van der Waals surface area contributed by atoms with Crippen molar-refractivity contribution in [3.63, 3.8) is 0 Å². The SMILES string of the molecule is O=C(O)C1(CCCN2CCN(c3ccccc3)CC2)Sc2ccccc2OC(Cl)C1O. The molecule has 2 heterocycles. The first-order chi connectivity index (χ1) is 15.0. The van der Waals surface area contributed by atoms with Gasteiger partial charge in [0.25, 0.3) is 0 Å². The molecular formula is C23H27ClN2O4S. The number of nitrogens with zero attached hydrogens (tertiary/aromatic N) is 2. The minimum Gasteiger partial charge on any atom is -0.480 e. The minimum absolute atomic E-state index is 0.300. The van der Waals surface area contributed by atoms with E-state index in [1.165, 1.54) is 5.69 Å². The summed E-state index contributed by atoms with van der Waals surface area (Å²) in [5, 5.41) is 20.9. The van der Waals surface area contributed by atoms with E-state index in [9.17, 15) is 15.0 Å².